The number of aryl methyl sites for hydroxylation is 2. The van der Waals surface area contributed by atoms with Crippen LogP contribution < -0.4 is 9.62 Å². The molecular formula is C26H28ClN3O6S2. The summed E-state index contributed by atoms with van der Waals surface area (Å²) in [6.07, 6.45) is 0. The Kier molecular flexibility index (Phi) is 8.43. The molecule has 1 saturated heterocycles. The summed E-state index contributed by atoms with van der Waals surface area (Å²) < 4.78 is 60.4. The van der Waals surface area contributed by atoms with Crippen LogP contribution in [0.4, 0.5) is 11.4 Å². The first-order chi connectivity index (χ1) is 18.0. The molecule has 0 radical (unpaired) electrons. The second-order valence-corrected chi connectivity index (χ2v) is 13.1. The zero-order valence-electron chi connectivity index (χ0n) is 20.9. The van der Waals surface area contributed by atoms with E-state index in [2.05, 4.69) is 5.32 Å². The van der Waals surface area contributed by atoms with E-state index in [1.807, 2.05) is 6.92 Å². The van der Waals surface area contributed by atoms with E-state index in [4.69, 9.17) is 16.3 Å². The summed E-state index contributed by atoms with van der Waals surface area (Å²) in [5.41, 5.74) is 2.22. The highest BCUT2D eigenvalue weighted by molar-refractivity contribution is 7.92. The number of sulfonamides is 2. The molecule has 4 rings (SSSR count). The van der Waals surface area contributed by atoms with Crippen LogP contribution in [0.25, 0.3) is 0 Å². The third-order valence-corrected chi connectivity index (χ3v) is 10.2. The Morgan fingerprint density at radius 1 is 0.921 bits per heavy atom. The molecule has 0 spiro atoms. The van der Waals surface area contributed by atoms with Gasteiger partial charge in [0.2, 0.25) is 15.9 Å². The van der Waals surface area contributed by atoms with E-state index in [9.17, 15) is 21.6 Å². The molecule has 3 aromatic rings. The normalized spacial score (nSPS) is 14.7. The van der Waals surface area contributed by atoms with Crippen molar-refractivity contribution >= 4 is 48.9 Å². The van der Waals surface area contributed by atoms with Gasteiger partial charge in [0.25, 0.3) is 10.0 Å². The number of nitrogens with zero attached hydrogens (tertiary/aromatic N) is 2. The number of morpholine rings is 1. The quantitative estimate of drug-likeness (QED) is 0.435. The first-order valence-corrected chi connectivity index (χ1v) is 15.1. The molecular weight excluding hydrogens is 550 g/mol. The minimum absolute atomic E-state index is 0.0327. The van der Waals surface area contributed by atoms with Gasteiger partial charge in [0.15, 0.2) is 0 Å². The van der Waals surface area contributed by atoms with Crippen LogP contribution in [0.15, 0.2) is 76.5 Å². The van der Waals surface area contributed by atoms with Crippen LogP contribution in [0.5, 0.6) is 0 Å². The molecule has 202 valence electrons. The van der Waals surface area contributed by atoms with Crippen LogP contribution >= 0.6 is 11.6 Å². The molecule has 0 aromatic heterocycles. The lowest BCUT2D eigenvalue weighted by Gasteiger charge is -2.26. The molecule has 1 heterocycles. The summed E-state index contributed by atoms with van der Waals surface area (Å²) in [6.45, 7) is 4.33. The third-order valence-electron chi connectivity index (χ3n) is 6.09. The van der Waals surface area contributed by atoms with Crippen molar-refractivity contribution in [2.24, 2.45) is 0 Å². The summed E-state index contributed by atoms with van der Waals surface area (Å²) in [7, 11) is -7.79. The number of amides is 1. The first kappa shape index (κ1) is 28.1. The molecule has 1 aliphatic rings. The molecule has 0 bridgehead atoms. The lowest BCUT2D eigenvalue weighted by atomic mass is 10.2. The van der Waals surface area contributed by atoms with Crippen molar-refractivity contribution in [2.75, 3.05) is 42.5 Å². The molecule has 1 N–H and O–H groups in total. The number of hydrogen-bond donors (Lipinski definition) is 1. The number of rotatable bonds is 8. The van der Waals surface area contributed by atoms with Gasteiger partial charge in [0.1, 0.15) is 6.54 Å². The van der Waals surface area contributed by atoms with Gasteiger partial charge in [-0.05, 0) is 67.9 Å². The lowest BCUT2D eigenvalue weighted by molar-refractivity contribution is -0.114. The Labute approximate surface area is 228 Å². The summed E-state index contributed by atoms with van der Waals surface area (Å²) in [6, 6.07) is 16.8. The van der Waals surface area contributed by atoms with Gasteiger partial charge < -0.3 is 10.1 Å². The summed E-state index contributed by atoms with van der Waals surface area (Å²) in [4.78, 5) is 13.1. The monoisotopic (exact) mass is 577 g/mol. The fourth-order valence-corrected chi connectivity index (χ4v) is 6.86. The Balaban J connectivity index is 1.56. The van der Waals surface area contributed by atoms with Gasteiger partial charge in [-0.1, -0.05) is 35.4 Å². The topological polar surface area (TPSA) is 113 Å². The standard InChI is InChI=1S/C26H28ClN3O6S2/c1-19-3-9-24(10-4-19)38(34,35)30(22-8-5-20(2)25(27)17-22)18-26(31)28-21-6-11-23(12-7-21)37(32,33)29-13-15-36-16-14-29/h3-12,17H,13-16,18H2,1-2H3,(H,28,31). The van der Waals surface area contributed by atoms with Crippen molar-refractivity contribution in [3.63, 3.8) is 0 Å². The molecule has 9 nitrogen and oxygen atoms in total. The molecule has 1 fully saturated rings. The summed E-state index contributed by atoms with van der Waals surface area (Å²) in [5, 5.41) is 3.02. The van der Waals surface area contributed by atoms with Crippen molar-refractivity contribution < 1.29 is 26.4 Å². The molecule has 12 heteroatoms. The zero-order valence-corrected chi connectivity index (χ0v) is 23.3. The molecule has 38 heavy (non-hydrogen) atoms. The van der Waals surface area contributed by atoms with Crippen LogP contribution in [0.2, 0.25) is 5.02 Å². The maximum absolute atomic E-state index is 13.6. The number of ether oxygens (including phenoxy) is 1. The van der Waals surface area contributed by atoms with E-state index in [-0.39, 0.29) is 28.6 Å². The van der Waals surface area contributed by atoms with Crippen molar-refractivity contribution in [3.05, 3.63) is 82.9 Å². The molecule has 0 aliphatic carbocycles. The van der Waals surface area contributed by atoms with Crippen molar-refractivity contribution in [1.82, 2.24) is 4.31 Å². The van der Waals surface area contributed by atoms with E-state index in [1.165, 1.54) is 46.8 Å². The number of nitrogens with one attached hydrogen (secondary N) is 1. The van der Waals surface area contributed by atoms with E-state index in [0.29, 0.717) is 23.9 Å². The van der Waals surface area contributed by atoms with Crippen LogP contribution in [-0.4, -0.2) is 59.9 Å². The first-order valence-electron chi connectivity index (χ1n) is 11.8. The molecule has 1 amide bonds. The third kappa shape index (κ3) is 6.19. The van der Waals surface area contributed by atoms with Gasteiger partial charge in [-0.25, -0.2) is 16.8 Å². The highest BCUT2D eigenvalue weighted by Gasteiger charge is 2.28. The van der Waals surface area contributed by atoms with Gasteiger partial charge in [0, 0.05) is 23.8 Å². The van der Waals surface area contributed by atoms with Crippen molar-refractivity contribution in [1.29, 1.82) is 0 Å². The Morgan fingerprint density at radius 3 is 2.13 bits per heavy atom. The Morgan fingerprint density at radius 2 is 1.53 bits per heavy atom. The number of halogens is 1. The average molecular weight is 578 g/mol. The van der Waals surface area contributed by atoms with Crippen LogP contribution in [0.1, 0.15) is 11.1 Å². The van der Waals surface area contributed by atoms with Gasteiger partial charge in [-0.3, -0.25) is 9.10 Å². The SMILES string of the molecule is Cc1ccc(S(=O)(=O)N(CC(=O)Nc2ccc(S(=O)(=O)N3CCOCC3)cc2)c2ccc(C)c(Cl)c2)cc1. The highest BCUT2D eigenvalue weighted by Crippen LogP contribution is 2.28. The Bertz CT molecular complexity index is 1520. The largest absolute Gasteiger partial charge is 0.379 e. The number of benzene rings is 3. The minimum Gasteiger partial charge on any atom is -0.379 e. The minimum atomic E-state index is -4.11. The van der Waals surface area contributed by atoms with Gasteiger partial charge in [-0.15, -0.1) is 0 Å². The van der Waals surface area contributed by atoms with Crippen LogP contribution in [0, 0.1) is 13.8 Å². The van der Waals surface area contributed by atoms with Crippen LogP contribution in [-0.2, 0) is 29.6 Å². The van der Waals surface area contributed by atoms with Crippen LogP contribution in [0.3, 0.4) is 0 Å². The van der Waals surface area contributed by atoms with E-state index >= 15 is 0 Å². The number of anilines is 2. The number of hydrogen-bond acceptors (Lipinski definition) is 6. The molecule has 1 aliphatic heterocycles. The predicted molar refractivity (Wildman–Crippen MR) is 147 cm³/mol. The van der Waals surface area contributed by atoms with Crippen molar-refractivity contribution in [2.45, 2.75) is 23.6 Å². The maximum Gasteiger partial charge on any atom is 0.264 e. The number of carbonyl (C=O) groups excluding carboxylic acids is 1. The molecule has 0 atom stereocenters. The zero-order chi connectivity index (χ0) is 27.5. The highest BCUT2D eigenvalue weighted by atomic mass is 35.5. The molecule has 0 saturated carbocycles. The summed E-state index contributed by atoms with van der Waals surface area (Å²) in [5.74, 6) is -0.610. The smallest absolute Gasteiger partial charge is 0.264 e. The number of carbonyl (C=O) groups is 1. The van der Waals surface area contributed by atoms with Crippen molar-refractivity contribution in [3.8, 4) is 0 Å². The van der Waals surface area contributed by atoms with E-state index in [0.717, 1.165) is 15.4 Å². The second kappa shape index (κ2) is 11.4. The van der Waals surface area contributed by atoms with Gasteiger partial charge in [0.05, 0.1) is 28.7 Å². The molecule has 0 unspecified atom stereocenters. The van der Waals surface area contributed by atoms with Gasteiger partial charge >= 0.3 is 0 Å². The molecule has 3 aromatic carbocycles. The van der Waals surface area contributed by atoms with Gasteiger partial charge in [-0.2, -0.15) is 4.31 Å². The fourth-order valence-electron chi connectivity index (χ4n) is 3.87. The Hall–Kier alpha value is -2.96. The summed E-state index contributed by atoms with van der Waals surface area (Å²) >= 11 is 6.27. The predicted octanol–water partition coefficient (Wildman–Crippen LogP) is 3.81. The maximum atomic E-state index is 13.6. The van der Waals surface area contributed by atoms with E-state index < -0.39 is 32.5 Å². The second-order valence-electron chi connectivity index (χ2n) is 8.85. The van der Waals surface area contributed by atoms with E-state index in [1.54, 1.807) is 31.2 Å². The average Bonchev–Trinajstić information content (AvgIpc) is 2.90. The fraction of sp³-hybridized carbons (Fsp3) is 0.269. The lowest BCUT2D eigenvalue weighted by Crippen LogP contribution is -2.40.